The van der Waals surface area contributed by atoms with Gasteiger partial charge in [0.25, 0.3) is 0 Å². The van der Waals surface area contributed by atoms with E-state index in [1.807, 2.05) is 46.4 Å². The van der Waals surface area contributed by atoms with Gasteiger partial charge in [0.2, 0.25) is 0 Å². The summed E-state index contributed by atoms with van der Waals surface area (Å²) in [7, 11) is 0. The highest BCUT2D eigenvalue weighted by Gasteiger charge is 2.47. The van der Waals surface area contributed by atoms with Crippen molar-refractivity contribution in [3.63, 3.8) is 0 Å². The maximum atomic E-state index is 11.8. The highest BCUT2D eigenvalue weighted by molar-refractivity contribution is 5.70. The largest absolute Gasteiger partial charge is 0.444 e. The summed E-state index contributed by atoms with van der Waals surface area (Å²) in [6, 6.07) is 0.481. The number of aliphatic hydroxyl groups excluding tert-OH is 1. The van der Waals surface area contributed by atoms with Crippen LogP contribution in [0.2, 0.25) is 0 Å². The molecule has 0 aromatic carbocycles. The quantitative estimate of drug-likeness (QED) is 0.620. The van der Waals surface area contributed by atoms with E-state index in [-0.39, 0.29) is 41.9 Å². The second kappa shape index (κ2) is 7.82. The van der Waals surface area contributed by atoms with Crippen molar-refractivity contribution in [3.05, 3.63) is 12.2 Å². The Hall–Kier alpha value is -1.76. The lowest BCUT2D eigenvalue weighted by molar-refractivity contribution is 0.00779. The number of hydrogen-bond acceptors (Lipinski definition) is 5. The van der Waals surface area contributed by atoms with E-state index in [4.69, 9.17) is 9.47 Å². The molecule has 0 aromatic heterocycles. The number of nitrogens with zero attached hydrogens (tertiary/aromatic N) is 2. The zero-order valence-corrected chi connectivity index (χ0v) is 18.6. The molecule has 0 radical (unpaired) electrons. The second-order valence-corrected chi connectivity index (χ2v) is 10.7. The van der Waals surface area contributed by atoms with Crippen molar-refractivity contribution >= 4 is 12.2 Å². The second-order valence-electron chi connectivity index (χ2n) is 10.7. The summed E-state index contributed by atoms with van der Waals surface area (Å²) in [4.78, 5) is 27.1. The van der Waals surface area contributed by atoms with Crippen LogP contribution in [0.3, 0.4) is 0 Å². The van der Waals surface area contributed by atoms with Crippen molar-refractivity contribution in [2.45, 2.75) is 90.2 Å². The predicted octanol–water partition coefficient (Wildman–Crippen LogP) is 3.56. The molecule has 2 heterocycles. The van der Waals surface area contributed by atoms with Crippen LogP contribution < -0.4 is 0 Å². The fraction of sp³-hybridized carbons (Fsp3) is 0.818. The summed E-state index contributed by atoms with van der Waals surface area (Å²) in [6.07, 6.45) is 6.41. The van der Waals surface area contributed by atoms with Crippen LogP contribution in [0.1, 0.15) is 60.8 Å². The Balaban J connectivity index is 0.000000166. The fourth-order valence-corrected chi connectivity index (χ4v) is 4.51. The molecule has 2 aliphatic carbocycles. The molecule has 0 unspecified atom stereocenters. The smallest absolute Gasteiger partial charge is 0.410 e. The van der Waals surface area contributed by atoms with Crippen LogP contribution in [-0.4, -0.2) is 69.6 Å². The van der Waals surface area contributed by atoms with Gasteiger partial charge in [-0.1, -0.05) is 12.2 Å². The number of amides is 2. The number of fused-ring (bicyclic) bond motifs is 4. The van der Waals surface area contributed by atoms with Crippen LogP contribution in [0.4, 0.5) is 9.59 Å². The van der Waals surface area contributed by atoms with E-state index in [0.29, 0.717) is 18.9 Å². The number of carbonyl (C=O) groups excluding carboxylic acids is 2. The first-order chi connectivity index (χ1) is 13.3. The first-order valence-electron chi connectivity index (χ1n) is 10.7. The maximum Gasteiger partial charge on any atom is 0.410 e. The van der Waals surface area contributed by atoms with Gasteiger partial charge < -0.3 is 24.4 Å². The van der Waals surface area contributed by atoms with Gasteiger partial charge in [0.1, 0.15) is 11.2 Å². The van der Waals surface area contributed by atoms with Gasteiger partial charge in [0.05, 0.1) is 12.1 Å². The van der Waals surface area contributed by atoms with E-state index in [2.05, 4.69) is 12.2 Å². The Bertz CT molecular complexity index is 661. The lowest BCUT2D eigenvalue weighted by atomic mass is 10.1. The molecule has 0 spiro atoms. The summed E-state index contributed by atoms with van der Waals surface area (Å²) in [5.41, 5.74) is -0.819. The SMILES string of the molecule is CC(C)(C)OC(=O)N1C[C@@H]2C[C@H]1C[C@H]2O.CC(C)(C)OC(=O)N1C[C@H]2C=C[C@@H]1C2. The van der Waals surface area contributed by atoms with Crippen LogP contribution in [0.25, 0.3) is 0 Å². The third-order valence-electron chi connectivity index (χ3n) is 5.74. The Morgan fingerprint density at radius 3 is 1.83 bits per heavy atom. The van der Waals surface area contributed by atoms with Crippen molar-refractivity contribution < 1.29 is 24.2 Å². The lowest BCUT2D eigenvalue weighted by Gasteiger charge is -2.31. The average molecular weight is 409 g/mol. The number of likely N-dealkylation sites (tertiary alicyclic amines) is 2. The topological polar surface area (TPSA) is 79.3 Å². The molecule has 3 fully saturated rings. The maximum absolute atomic E-state index is 11.8. The zero-order valence-electron chi connectivity index (χ0n) is 18.6. The number of ether oxygens (including phenoxy) is 2. The average Bonchev–Trinajstić information content (AvgIpc) is 3.32. The minimum Gasteiger partial charge on any atom is -0.444 e. The molecule has 2 saturated heterocycles. The molecule has 7 nitrogen and oxygen atoms in total. The van der Waals surface area contributed by atoms with E-state index in [1.165, 1.54) is 0 Å². The molecule has 2 amide bonds. The number of carbonyl (C=O) groups is 2. The van der Waals surface area contributed by atoms with E-state index in [9.17, 15) is 14.7 Å². The molecule has 29 heavy (non-hydrogen) atoms. The molecule has 1 saturated carbocycles. The predicted molar refractivity (Wildman–Crippen MR) is 109 cm³/mol. The van der Waals surface area contributed by atoms with E-state index >= 15 is 0 Å². The Morgan fingerprint density at radius 1 is 0.862 bits per heavy atom. The highest BCUT2D eigenvalue weighted by atomic mass is 16.6. The summed E-state index contributed by atoms with van der Waals surface area (Å²) >= 11 is 0. The van der Waals surface area contributed by atoms with E-state index < -0.39 is 5.60 Å². The minimum absolute atomic E-state index is 0.172. The first kappa shape index (κ1) is 21.9. The van der Waals surface area contributed by atoms with Crippen molar-refractivity contribution in [1.29, 1.82) is 0 Å². The van der Waals surface area contributed by atoms with Gasteiger partial charge in [-0.3, -0.25) is 0 Å². The molecule has 4 aliphatic rings. The fourth-order valence-electron chi connectivity index (χ4n) is 4.51. The molecule has 2 aliphatic heterocycles. The molecule has 4 rings (SSSR count). The van der Waals surface area contributed by atoms with Crippen molar-refractivity contribution in [3.8, 4) is 0 Å². The normalized spacial score (nSPS) is 32.3. The lowest BCUT2D eigenvalue weighted by Crippen LogP contribution is -2.44. The molecular formula is C22H36N2O5. The molecule has 164 valence electrons. The third kappa shape index (κ3) is 5.44. The summed E-state index contributed by atoms with van der Waals surface area (Å²) < 4.78 is 10.6. The van der Waals surface area contributed by atoms with Crippen LogP contribution in [0, 0.1) is 11.8 Å². The van der Waals surface area contributed by atoms with Crippen LogP contribution in [-0.2, 0) is 9.47 Å². The molecular weight excluding hydrogens is 372 g/mol. The number of hydrogen-bond donors (Lipinski definition) is 1. The zero-order chi connectivity index (χ0) is 21.6. The Morgan fingerprint density at radius 2 is 1.45 bits per heavy atom. The molecule has 4 bridgehead atoms. The van der Waals surface area contributed by atoms with E-state index in [1.54, 1.807) is 4.90 Å². The summed E-state index contributed by atoms with van der Waals surface area (Å²) in [5, 5.41) is 9.57. The Kier molecular flexibility index (Phi) is 5.91. The van der Waals surface area contributed by atoms with Crippen molar-refractivity contribution in [2.75, 3.05) is 13.1 Å². The molecule has 7 heteroatoms. The van der Waals surface area contributed by atoms with Gasteiger partial charge in [0, 0.05) is 25.0 Å². The van der Waals surface area contributed by atoms with E-state index in [0.717, 1.165) is 19.4 Å². The summed E-state index contributed by atoms with van der Waals surface area (Å²) in [6.45, 7) is 12.8. The van der Waals surface area contributed by atoms with Crippen LogP contribution in [0.15, 0.2) is 12.2 Å². The third-order valence-corrected chi connectivity index (χ3v) is 5.74. The minimum atomic E-state index is -0.433. The summed E-state index contributed by atoms with van der Waals surface area (Å²) in [5.74, 6) is 0.829. The molecule has 5 atom stereocenters. The van der Waals surface area contributed by atoms with Crippen molar-refractivity contribution in [2.24, 2.45) is 11.8 Å². The molecule has 0 aromatic rings. The van der Waals surface area contributed by atoms with Gasteiger partial charge in [0.15, 0.2) is 0 Å². The monoisotopic (exact) mass is 408 g/mol. The van der Waals surface area contributed by atoms with Gasteiger partial charge in [-0.25, -0.2) is 9.59 Å². The highest BCUT2D eigenvalue weighted by Crippen LogP contribution is 2.38. The van der Waals surface area contributed by atoms with Gasteiger partial charge in [-0.15, -0.1) is 0 Å². The van der Waals surface area contributed by atoms with Crippen LogP contribution >= 0.6 is 0 Å². The van der Waals surface area contributed by atoms with Gasteiger partial charge >= 0.3 is 12.2 Å². The van der Waals surface area contributed by atoms with Gasteiger partial charge in [-0.2, -0.15) is 0 Å². The number of piperidine rings is 1. The molecule has 1 N–H and O–H groups in total. The Labute approximate surface area is 174 Å². The van der Waals surface area contributed by atoms with Crippen molar-refractivity contribution in [1.82, 2.24) is 9.80 Å². The standard InChI is InChI=1S/C11H19NO3.C11H17NO2/c1-11(2,3)15-10(14)12-6-7-4-8(12)5-9(7)13;1-11(2,3)14-10(13)12-7-8-4-5-9(12)6-8/h7-9,13H,4-6H2,1-3H3;4-5,8-9H,6-7H2,1-3H3/t7-,8-,9+;8-,9+/m00/s1. The van der Waals surface area contributed by atoms with Crippen LogP contribution in [0.5, 0.6) is 0 Å². The first-order valence-corrected chi connectivity index (χ1v) is 10.7. The van der Waals surface area contributed by atoms with Gasteiger partial charge in [-0.05, 0) is 66.7 Å². The number of aliphatic hydroxyl groups is 1. The number of rotatable bonds is 0.